The zero-order valence-electron chi connectivity index (χ0n) is 18.0. The summed E-state index contributed by atoms with van der Waals surface area (Å²) in [6.45, 7) is 9.52. The summed E-state index contributed by atoms with van der Waals surface area (Å²) < 4.78 is 0. The van der Waals surface area contributed by atoms with Gasteiger partial charge in [-0.1, -0.05) is 12.1 Å². The maximum absolute atomic E-state index is 13.2. The third kappa shape index (κ3) is 4.39. The van der Waals surface area contributed by atoms with Crippen molar-refractivity contribution < 1.29 is 19.2 Å². The lowest BCUT2D eigenvalue weighted by Crippen LogP contribution is -2.54. The molecule has 1 atom stereocenters. The number of rotatable bonds is 6. The molecule has 166 valence electrons. The Morgan fingerprint density at radius 2 is 1.84 bits per heavy atom. The van der Waals surface area contributed by atoms with Crippen molar-refractivity contribution in [2.24, 2.45) is 0 Å². The molecule has 1 aromatic carbocycles. The number of carbonyl (C=O) groups excluding carboxylic acids is 4. The van der Waals surface area contributed by atoms with Gasteiger partial charge < -0.3 is 10.6 Å². The Bertz CT molecular complexity index is 922. The second-order valence-corrected chi connectivity index (χ2v) is 9.05. The number of fused-ring (bicyclic) bond motifs is 1. The molecule has 3 N–H and O–H groups in total. The Labute approximate surface area is 181 Å². The SMILES string of the molecule is CC(C)(CN1CCNCC1)NCc1cccc2c1C(=O)N(C1CCC(=O)NC1=O)C2=O. The predicted molar refractivity (Wildman–Crippen MR) is 113 cm³/mol. The van der Waals surface area contributed by atoms with Gasteiger partial charge in [0.1, 0.15) is 6.04 Å². The van der Waals surface area contributed by atoms with Crippen LogP contribution in [0.4, 0.5) is 0 Å². The number of carbonyl (C=O) groups is 4. The van der Waals surface area contributed by atoms with Crippen LogP contribution < -0.4 is 16.0 Å². The molecule has 31 heavy (non-hydrogen) atoms. The van der Waals surface area contributed by atoms with Gasteiger partial charge in [0.2, 0.25) is 11.8 Å². The molecule has 4 rings (SSSR count). The van der Waals surface area contributed by atoms with E-state index in [0.29, 0.717) is 17.7 Å². The maximum Gasteiger partial charge on any atom is 0.262 e. The maximum atomic E-state index is 13.2. The normalized spacial score (nSPS) is 22.6. The highest BCUT2D eigenvalue weighted by Gasteiger charge is 2.45. The Morgan fingerprint density at radius 1 is 1.10 bits per heavy atom. The molecule has 0 aliphatic carbocycles. The topological polar surface area (TPSA) is 111 Å². The van der Waals surface area contributed by atoms with E-state index in [0.717, 1.165) is 43.2 Å². The Morgan fingerprint density at radius 3 is 2.55 bits per heavy atom. The van der Waals surface area contributed by atoms with Gasteiger partial charge in [-0.3, -0.25) is 34.3 Å². The first-order chi connectivity index (χ1) is 14.8. The largest absolute Gasteiger partial charge is 0.314 e. The fourth-order valence-corrected chi connectivity index (χ4v) is 4.55. The number of amides is 4. The molecule has 0 spiro atoms. The highest BCUT2D eigenvalue weighted by Crippen LogP contribution is 2.30. The average Bonchev–Trinajstić information content (AvgIpc) is 2.98. The highest BCUT2D eigenvalue weighted by molar-refractivity contribution is 6.24. The third-order valence-corrected chi connectivity index (χ3v) is 6.14. The minimum absolute atomic E-state index is 0.110. The Hall–Kier alpha value is -2.62. The van der Waals surface area contributed by atoms with Gasteiger partial charge >= 0.3 is 0 Å². The molecule has 9 nitrogen and oxygen atoms in total. The molecule has 3 heterocycles. The molecule has 0 radical (unpaired) electrons. The van der Waals surface area contributed by atoms with E-state index in [-0.39, 0.29) is 24.3 Å². The lowest BCUT2D eigenvalue weighted by Gasteiger charge is -2.36. The van der Waals surface area contributed by atoms with E-state index < -0.39 is 23.8 Å². The van der Waals surface area contributed by atoms with E-state index in [1.54, 1.807) is 12.1 Å². The van der Waals surface area contributed by atoms with Gasteiger partial charge in [0.25, 0.3) is 11.8 Å². The number of piperazine rings is 1. The molecule has 1 unspecified atom stereocenters. The molecule has 4 amide bonds. The van der Waals surface area contributed by atoms with Crippen molar-refractivity contribution in [1.29, 1.82) is 0 Å². The molecule has 9 heteroatoms. The van der Waals surface area contributed by atoms with Crippen LogP contribution in [-0.2, 0) is 16.1 Å². The smallest absolute Gasteiger partial charge is 0.262 e. The molecular formula is C22H29N5O4. The van der Waals surface area contributed by atoms with Crippen LogP contribution >= 0.6 is 0 Å². The summed E-state index contributed by atoms with van der Waals surface area (Å²) in [7, 11) is 0. The van der Waals surface area contributed by atoms with Crippen LogP contribution in [0.15, 0.2) is 18.2 Å². The van der Waals surface area contributed by atoms with Crippen LogP contribution in [-0.4, -0.2) is 77.7 Å². The zero-order valence-corrected chi connectivity index (χ0v) is 18.0. The minimum atomic E-state index is -0.949. The highest BCUT2D eigenvalue weighted by atomic mass is 16.2. The molecule has 3 aliphatic rings. The molecule has 2 saturated heterocycles. The number of nitrogens with zero attached hydrogens (tertiary/aromatic N) is 2. The molecule has 0 aromatic heterocycles. The molecule has 2 fully saturated rings. The number of piperidine rings is 1. The third-order valence-electron chi connectivity index (χ3n) is 6.14. The first-order valence-electron chi connectivity index (χ1n) is 10.8. The van der Waals surface area contributed by atoms with Crippen molar-refractivity contribution in [3.63, 3.8) is 0 Å². The van der Waals surface area contributed by atoms with Gasteiger partial charge in [0.15, 0.2) is 0 Å². The average molecular weight is 428 g/mol. The predicted octanol–water partition coefficient (Wildman–Crippen LogP) is -0.139. The minimum Gasteiger partial charge on any atom is -0.314 e. The van der Waals surface area contributed by atoms with Gasteiger partial charge in [-0.15, -0.1) is 0 Å². The number of hydrogen-bond acceptors (Lipinski definition) is 7. The monoisotopic (exact) mass is 427 g/mol. The summed E-state index contributed by atoms with van der Waals surface area (Å²) in [6, 6.07) is 4.27. The number of imide groups is 2. The van der Waals surface area contributed by atoms with Crippen molar-refractivity contribution in [3.8, 4) is 0 Å². The van der Waals surface area contributed by atoms with Gasteiger partial charge in [-0.2, -0.15) is 0 Å². The number of hydrogen-bond donors (Lipinski definition) is 3. The quantitative estimate of drug-likeness (QED) is 0.542. The summed E-state index contributed by atoms with van der Waals surface area (Å²) in [6.07, 6.45) is 0.264. The summed E-state index contributed by atoms with van der Waals surface area (Å²) >= 11 is 0. The first kappa shape index (κ1) is 21.6. The lowest BCUT2D eigenvalue weighted by atomic mass is 10.00. The first-order valence-corrected chi connectivity index (χ1v) is 10.8. The van der Waals surface area contributed by atoms with Crippen molar-refractivity contribution in [1.82, 2.24) is 25.8 Å². The van der Waals surface area contributed by atoms with E-state index in [1.807, 2.05) is 6.07 Å². The second kappa shape index (κ2) is 8.49. The lowest BCUT2D eigenvalue weighted by molar-refractivity contribution is -0.136. The standard InChI is InChI=1S/C22H29N5O4/c1-22(2,13-26-10-8-23-9-11-26)24-12-14-4-3-5-15-18(14)21(31)27(20(15)30)16-6-7-17(28)25-19(16)29/h3-5,16,23-24H,6-13H2,1-2H3,(H,25,28,29). The van der Waals surface area contributed by atoms with Crippen molar-refractivity contribution in [3.05, 3.63) is 34.9 Å². The van der Waals surface area contributed by atoms with Crippen LogP contribution in [0.2, 0.25) is 0 Å². The molecule has 3 aliphatic heterocycles. The molecule has 1 aromatic rings. The number of benzene rings is 1. The molecular weight excluding hydrogens is 398 g/mol. The van der Waals surface area contributed by atoms with Gasteiger partial charge in [0.05, 0.1) is 11.1 Å². The fraction of sp³-hybridized carbons (Fsp3) is 0.545. The number of nitrogens with one attached hydrogen (secondary N) is 3. The van der Waals surface area contributed by atoms with Gasteiger partial charge in [-0.25, -0.2) is 0 Å². The van der Waals surface area contributed by atoms with E-state index in [4.69, 9.17) is 0 Å². The van der Waals surface area contributed by atoms with Gasteiger partial charge in [0, 0.05) is 51.2 Å². The Kier molecular flexibility index (Phi) is 5.92. The molecule has 0 bridgehead atoms. The van der Waals surface area contributed by atoms with Crippen LogP contribution in [0.3, 0.4) is 0 Å². The van der Waals surface area contributed by atoms with Crippen LogP contribution in [0.25, 0.3) is 0 Å². The van der Waals surface area contributed by atoms with Crippen LogP contribution in [0.1, 0.15) is 53.0 Å². The fourth-order valence-electron chi connectivity index (χ4n) is 4.55. The molecule has 0 saturated carbocycles. The van der Waals surface area contributed by atoms with E-state index in [9.17, 15) is 19.2 Å². The van der Waals surface area contributed by atoms with Gasteiger partial charge in [-0.05, 0) is 31.9 Å². The van der Waals surface area contributed by atoms with Crippen LogP contribution in [0.5, 0.6) is 0 Å². The zero-order chi connectivity index (χ0) is 22.2. The van der Waals surface area contributed by atoms with E-state index in [1.165, 1.54) is 0 Å². The van der Waals surface area contributed by atoms with E-state index >= 15 is 0 Å². The summed E-state index contributed by atoms with van der Waals surface area (Å²) in [5.74, 6) is -1.92. The van der Waals surface area contributed by atoms with Crippen molar-refractivity contribution in [2.75, 3.05) is 32.7 Å². The van der Waals surface area contributed by atoms with Crippen molar-refractivity contribution in [2.45, 2.75) is 44.8 Å². The summed E-state index contributed by atoms with van der Waals surface area (Å²) in [5.41, 5.74) is 1.21. The Balaban J connectivity index is 1.49. The summed E-state index contributed by atoms with van der Waals surface area (Å²) in [4.78, 5) is 53.3. The van der Waals surface area contributed by atoms with Crippen molar-refractivity contribution >= 4 is 23.6 Å². The summed E-state index contributed by atoms with van der Waals surface area (Å²) in [5, 5.41) is 9.10. The second-order valence-electron chi connectivity index (χ2n) is 9.05. The van der Waals surface area contributed by atoms with Crippen LogP contribution in [0, 0.1) is 0 Å². The van der Waals surface area contributed by atoms with E-state index in [2.05, 4.69) is 34.7 Å².